The molecular weight excluding hydrogens is 413 g/mol. The molecule has 1 atom stereocenters. The second-order valence-electron chi connectivity index (χ2n) is 8.20. The summed E-state index contributed by atoms with van der Waals surface area (Å²) in [4.78, 5) is 17.1. The standard InChI is InChI=1S/C24H26FN3O2S/c1-15(2)8-9-16(3)28-21(14-31-24(28)27-19-7-5-4-6-18(19)25)17-10-11-22-20(12-17)26-23(29)13-30-22/h4-7,10-12,14-16H,8-9,13H2,1-3H3,(H,26,29). The van der Waals surface area contributed by atoms with E-state index in [2.05, 4.69) is 35.6 Å². The fourth-order valence-corrected chi connectivity index (χ4v) is 4.64. The highest BCUT2D eigenvalue weighted by molar-refractivity contribution is 7.07. The SMILES string of the molecule is CC(C)CCC(C)n1c(-c2ccc3c(c2)NC(=O)CO3)csc1=Nc1ccccc1F. The maximum atomic E-state index is 14.3. The van der Waals surface area contributed by atoms with Crippen LogP contribution in [0.25, 0.3) is 11.3 Å². The average molecular weight is 440 g/mol. The Morgan fingerprint density at radius 2 is 2.00 bits per heavy atom. The number of carbonyl (C=O) groups excluding carboxylic acids is 1. The molecule has 0 bridgehead atoms. The molecule has 0 fully saturated rings. The maximum absolute atomic E-state index is 14.3. The number of ether oxygens (including phenoxy) is 1. The number of thiazole rings is 1. The van der Waals surface area contributed by atoms with E-state index in [0.29, 0.717) is 23.0 Å². The van der Waals surface area contributed by atoms with Crippen molar-refractivity contribution in [1.82, 2.24) is 4.57 Å². The van der Waals surface area contributed by atoms with Crippen molar-refractivity contribution in [2.75, 3.05) is 11.9 Å². The molecule has 0 saturated carbocycles. The van der Waals surface area contributed by atoms with Crippen molar-refractivity contribution in [2.24, 2.45) is 10.9 Å². The fraction of sp³-hybridized carbons (Fsp3) is 0.333. The lowest BCUT2D eigenvalue weighted by Gasteiger charge is -2.21. The van der Waals surface area contributed by atoms with Crippen LogP contribution in [-0.4, -0.2) is 17.1 Å². The molecule has 1 aliphatic rings. The molecule has 0 saturated heterocycles. The highest BCUT2D eigenvalue weighted by atomic mass is 32.1. The molecule has 31 heavy (non-hydrogen) atoms. The topological polar surface area (TPSA) is 55.6 Å². The van der Waals surface area contributed by atoms with Crippen LogP contribution >= 0.6 is 11.3 Å². The predicted octanol–water partition coefficient (Wildman–Crippen LogP) is 5.92. The fourth-order valence-electron chi connectivity index (χ4n) is 3.63. The number of benzene rings is 2. The minimum atomic E-state index is -0.340. The largest absolute Gasteiger partial charge is 0.482 e. The monoisotopic (exact) mass is 439 g/mol. The number of fused-ring (bicyclic) bond motifs is 1. The predicted molar refractivity (Wildman–Crippen MR) is 122 cm³/mol. The van der Waals surface area contributed by atoms with Crippen LogP contribution in [0.1, 0.15) is 39.7 Å². The highest BCUT2D eigenvalue weighted by Gasteiger charge is 2.19. The number of halogens is 1. The van der Waals surface area contributed by atoms with E-state index >= 15 is 0 Å². The Labute approximate surface area is 185 Å². The Bertz CT molecular complexity index is 1170. The van der Waals surface area contributed by atoms with Crippen LogP contribution in [0, 0.1) is 11.7 Å². The van der Waals surface area contributed by atoms with Gasteiger partial charge in [-0.05, 0) is 56.0 Å². The summed E-state index contributed by atoms with van der Waals surface area (Å²) in [5.74, 6) is 0.748. The summed E-state index contributed by atoms with van der Waals surface area (Å²) in [5, 5.41) is 4.91. The summed E-state index contributed by atoms with van der Waals surface area (Å²) < 4.78 is 21.9. The van der Waals surface area contributed by atoms with Crippen LogP contribution in [0.5, 0.6) is 5.75 Å². The Morgan fingerprint density at radius 3 is 2.77 bits per heavy atom. The number of carbonyl (C=O) groups is 1. The Kier molecular flexibility index (Phi) is 6.23. The first-order valence-electron chi connectivity index (χ1n) is 10.5. The van der Waals surface area contributed by atoms with Gasteiger partial charge in [-0.15, -0.1) is 11.3 Å². The van der Waals surface area contributed by atoms with Crippen molar-refractivity contribution >= 4 is 28.6 Å². The molecule has 0 aliphatic carbocycles. The minimum Gasteiger partial charge on any atom is -0.482 e. The molecule has 7 heteroatoms. The number of aromatic nitrogens is 1. The van der Waals surface area contributed by atoms with Crippen LogP contribution in [-0.2, 0) is 4.79 Å². The molecular formula is C24H26FN3O2S. The third kappa shape index (κ3) is 4.71. The van der Waals surface area contributed by atoms with Crippen LogP contribution < -0.4 is 14.9 Å². The molecule has 4 rings (SSSR count). The van der Waals surface area contributed by atoms with Gasteiger partial charge in [0.15, 0.2) is 11.4 Å². The first-order valence-corrected chi connectivity index (χ1v) is 11.4. The number of nitrogens with zero attached hydrogens (tertiary/aromatic N) is 2. The van der Waals surface area contributed by atoms with E-state index in [9.17, 15) is 9.18 Å². The van der Waals surface area contributed by atoms with Gasteiger partial charge in [-0.1, -0.05) is 26.0 Å². The molecule has 3 aromatic rings. The van der Waals surface area contributed by atoms with E-state index < -0.39 is 0 Å². The quantitative estimate of drug-likeness (QED) is 0.519. The number of hydrogen-bond acceptors (Lipinski definition) is 4. The Balaban J connectivity index is 1.81. The van der Waals surface area contributed by atoms with E-state index in [1.807, 2.05) is 23.6 Å². The van der Waals surface area contributed by atoms with Crippen molar-refractivity contribution in [3.8, 4) is 17.0 Å². The number of nitrogens with one attached hydrogen (secondary N) is 1. The summed E-state index contributed by atoms with van der Waals surface area (Å²) in [6, 6.07) is 12.5. The Morgan fingerprint density at radius 1 is 1.19 bits per heavy atom. The van der Waals surface area contributed by atoms with Crippen molar-refractivity contribution in [2.45, 2.75) is 39.7 Å². The smallest absolute Gasteiger partial charge is 0.262 e. The van der Waals surface area contributed by atoms with Gasteiger partial charge in [0.05, 0.1) is 11.4 Å². The first-order chi connectivity index (χ1) is 14.9. The number of anilines is 1. The van der Waals surface area contributed by atoms with Gasteiger partial charge in [-0.25, -0.2) is 9.38 Å². The summed E-state index contributed by atoms with van der Waals surface area (Å²) >= 11 is 1.49. The normalized spacial score (nSPS) is 14.9. The third-order valence-corrected chi connectivity index (χ3v) is 6.16. The minimum absolute atomic E-state index is 0.0305. The van der Waals surface area contributed by atoms with Crippen LogP contribution in [0.3, 0.4) is 0 Å². The molecule has 5 nitrogen and oxygen atoms in total. The lowest BCUT2D eigenvalue weighted by Crippen LogP contribution is -2.25. The zero-order chi connectivity index (χ0) is 22.0. The van der Waals surface area contributed by atoms with Crippen molar-refractivity contribution in [3.63, 3.8) is 0 Å². The molecule has 0 radical (unpaired) electrons. The molecule has 1 aliphatic heterocycles. The van der Waals surface area contributed by atoms with Gasteiger partial charge in [-0.3, -0.25) is 4.79 Å². The molecule has 0 spiro atoms. The molecule has 1 unspecified atom stereocenters. The number of para-hydroxylation sites is 1. The second-order valence-corrected chi connectivity index (χ2v) is 9.04. The van der Waals surface area contributed by atoms with E-state index in [1.165, 1.54) is 17.4 Å². The zero-order valence-electron chi connectivity index (χ0n) is 17.9. The Hall–Kier alpha value is -2.93. The third-order valence-electron chi connectivity index (χ3n) is 5.32. The van der Waals surface area contributed by atoms with Gasteiger partial charge in [0.1, 0.15) is 17.3 Å². The first kappa shape index (κ1) is 21.3. The summed E-state index contributed by atoms with van der Waals surface area (Å²) in [6.07, 6.45) is 2.06. The van der Waals surface area contributed by atoms with Gasteiger partial charge < -0.3 is 14.6 Å². The van der Waals surface area contributed by atoms with Crippen molar-refractivity contribution in [3.05, 3.63) is 58.5 Å². The van der Waals surface area contributed by atoms with Crippen LogP contribution in [0.2, 0.25) is 0 Å². The molecule has 1 amide bonds. The zero-order valence-corrected chi connectivity index (χ0v) is 18.7. The van der Waals surface area contributed by atoms with Gasteiger partial charge in [0, 0.05) is 17.0 Å². The van der Waals surface area contributed by atoms with Crippen LogP contribution in [0.4, 0.5) is 15.8 Å². The molecule has 2 heterocycles. The lowest BCUT2D eigenvalue weighted by molar-refractivity contribution is -0.118. The molecule has 2 aromatic carbocycles. The van der Waals surface area contributed by atoms with E-state index in [0.717, 1.165) is 28.9 Å². The summed E-state index contributed by atoms with van der Waals surface area (Å²) in [5.41, 5.74) is 2.92. The van der Waals surface area contributed by atoms with Crippen molar-refractivity contribution < 1.29 is 13.9 Å². The van der Waals surface area contributed by atoms with Crippen LogP contribution in [0.15, 0.2) is 52.8 Å². The molecule has 1 N–H and O–H groups in total. The van der Waals surface area contributed by atoms with E-state index in [1.54, 1.807) is 18.2 Å². The van der Waals surface area contributed by atoms with Gasteiger partial charge >= 0.3 is 0 Å². The average Bonchev–Trinajstić information content (AvgIpc) is 3.16. The summed E-state index contributed by atoms with van der Waals surface area (Å²) in [7, 11) is 0. The molecule has 1 aromatic heterocycles. The number of rotatable bonds is 6. The molecule has 162 valence electrons. The lowest BCUT2D eigenvalue weighted by atomic mass is 10.0. The maximum Gasteiger partial charge on any atom is 0.262 e. The van der Waals surface area contributed by atoms with Gasteiger partial charge in [0.25, 0.3) is 5.91 Å². The van der Waals surface area contributed by atoms with Gasteiger partial charge in [0.2, 0.25) is 0 Å². The van der Waals surface area contributed by atoms with E-state index in [4.69, 9.17) is 4.74 Å². The second kappa shape index (κ2) is 9.06. The van der Waals surface area contributed by atoms with E-state index in [-0.39, 0.29) is 24.4 Å². The van der Waals surface area contributed by atoms with Crippen molar-refractivity contribution in [1.29, 1.82) is 0 Å². The summed E-state index contributed by atoms with van der Waals surface area (Å²) in [6.45, 7) is 6.62. The number of hydrogen-bond donors (Lipinski definition) is 1. The number of amides is 1. The van der Waals surface area contributed by atoms with Gasteiger partial charge in [-0.2, -0.15) is 0 Å². The highest BCUT2D eigenvalue weighted by Crippen LogP contribution is 2.34.